The second-order valence-corrected chi connectivity index (χ2v) is 6.41. The highest BCUT2D eigenvalue weighted by Gasteiger charge is 2.16. The number of hydrogen-bond acceptors (Lipinski definition) is 2. The molecule has 2 aromatic carbocycles. The minimum Gasteiger partial charge on any atom is -0.486 e. The molecule has 1 unspecified atom stereocenters. The van der Waals surface area contributed by atoms with E-state index in [0.717, 1.165) is 36.2 Å². The van der Waals surface area contributed by atoms with Gasteiger partial charge in [0.25, 0.3) is 0 Å². The summed E-state index contributed by atoms with van der Waals surface area (Å²) < 4.78 is 20.1. The van der Waals surface area contributed by atoms with Crippen molar-refractivity contribution >= 4 is 0 Å². The van der Waals surface area contributed by atoms with Crippen LogP contribution >= 0.6 is 0 Å². The van der Waals surface area contributed by atoms with Crippen LogP contribution < -0.4 is 10.1 Å². The third kappa shape index (κ3) is 4.32. The SMILES string of the molecule is Cc1cc(CC2CCCNC2)cc(F)c1OCc1ccccc1. The van der Waals surface area contributed by atoms with Crippen molar-refractivity contribution in [3.8, 4) is 5.75 Å². The first-order valence-electron chi connectivity index (χ1n) is 8.39. The van der Waals surface area contributed by atoms with Crippen LogP contribution in [-0.2, 0) is 13.0 Å². The molecule has 2 aromatic rings. The van der Waals surface area contributed by atoms with E-state index in [1.807, 2.05) is 37.3 Å². The summed E-state index contributed by atoms with van der Waals surface area (Å²) >= 11 is 0. The van der Waals surface area contributed by atoms with Crippen molar-refractivity contribution in [2.45, 2.75) is 32.8 Å². The van der Waals surface area contributed by atoms with Crippen LogP contribution in [0.15, 0.2) is 42.5 Å². The van der Waals surface area contributed by atoms with E-state index in [0.29, 0.717) is 18.3 Å². The largest absolute Gasteiger partial charge is 0.486 e. The van der Waals surface area contributed by atoms with Crippen LogP contribution in [0.2, 0.25) is 0 Å². The van der Waals surface area contributed by atoms with E-state index in [9.17, 15) is 4.39 Å². The third-order valence-electron chi connectivity index (χ3n) is 4.44. The minimum absolute atomic E-state index is 0.250. The van der Waals surface area contributed by atoms with Gasteiger partial charge in [0.15, 0.2) is 11.6 Å². The molecule has 0 aliphatic carbocycles. The van der Waals surface area contributed by atoms with Gasteiger partial charge in [0, 0.05) is 0 Å². The van der Waals surface area contributed by atoms with Gasteiger partial charge in [0.05, 0.1) is 0 Å². The van der Waals surface area contributed by atoms with Gasteiger partial charge in [-0.2, -0.15) is 0 Å². The number of halogens is 1. The van der Waals surface area contributed by atoms with Gasteiger partial charge in [0.1, 0.15) is 6.61 Å². The summed E-state index contributed by atoms with van der Waals surface area (Å²) in [6.45, 7) is 4.46. The summed E-state index contributed by atoms with van der Waals surface area (Å²) in [5, 5.41) is 3.42. The van der Waals surface area contributed by atoms with Crippen molar-refractivity contribution in [2.75, 3.05) is 13.1 Å². The number of hydrogen-bond donors (Lipinski definition) is 1. The van der Waals surface area contributed by atoms with Gasteiger partial charge >= 0.3 is 0 Å². The van der Waals surface area contributed by atoms with E-state index in [-0.39, 0.29) is 5.82 Å². The lowest BCUT2D eigenvalue weighted by Crippen LogP contribution is -2.30. The number of nitrogens with one attached hydrogen (secondary N) is 1. The van der Waals surface area contributed by atoms with Crippen LogP contribution in [0.25, 0.3) is 0 Å². The molecule has 1 heterocycles. The van der Waals surface area contributed by atoms with Crippen molar-refractivity contribution in [1.82, 2.24) is 5.32 Å². The maximum Gasteiger partial charge on any atom is 0.165 e. The Bertz CT molecular complexity index is 612. The van der Waals surface area contributed by atoms with Gasteiger partial charge in [0.2, 0.25) is 0 Å². The predicted octanol–water partition coefficient (Wildman–Crippen LogP) is 4.26. The Kier molecular flexibility index (Phi) is 5.29. The Morgan fingerprint density at radius 3 is 2.70 bits per heavy atom. The molecule has 23 heavy (non-hydrogen) atoms. The van der Waals surface area contributed by atoms with Crippen LogP contribution in [0, 0.1) is 18.7 Å². The molecule has 0 bridgehead atoms. The molecule has 122 valence electrons. The van der Waals surface area contributed by atoms with Crippen molar-refractivity contribution in [1.29, 1.82) is 0 Å². The molecule has 0 amide bonds. The predicted molar refractivity (Wildman–Crippen MR) is 91.2 cm³/mol. The van der Waals surface area contributed by atoms with Gasteiger partial charge in [-0.25, -0.2) is 4.39 Å². The highest BCUT2D eigenvalue weighted by atomic mass is 19.1. The first kappa shape index (κ1) is 16.0. The summed E-state index contributed by atoms with van der Waals surface area (Å²) in [6.07, 6.45) is 3.37. The van der Waals surface area contributed by atoms with Crippen LogP contribution in [0.5, 0.6) is 5.75 Å². The van der Waals surface area contributed by atoms with Crippen LogP contribution in [0.3, 0.4) is 0 Å². The van der Waals surface area contributed by atoms with Gasteiger partial charge in [-0.05, 0) is 68.0 Å². The van der Waals surface area contributed by atoms with E-state index in [4.69, 9.17) is 4.74 Å². The van der Waals surface area contributed by atoms with Crippen LogP contribution in [0.1, 0.15) is 29.5 Å². The average molecular weight is 313 g/mol. The first-order valence-corrected chi connectivity index (χ1v) is 8.39. The molecule has 3 rings (SSSR count). The van der Waals surface area contributed by atoms with E-state index < -0.39 is 0 Å². The number of aryl methyl sites for hydroxylation is 1. The average Bonchev–Trinajstić information content (AvgIpc) is 2.56. The molecule has 0 radical (unpaired) electrons. The monoisotopic (exact) mass is 313 g/mol. The molecule has 3 heteroatoms. The number of rotatable bonds is 5. The van der Waals surface area contributed by atoms with Crippen LogP contribution in [0.4, 0.5) is 4.39 Å². The molecular weight excluding hydrogens is 289 g/mol. The Morgan fingerprint density at radius 1 is 1.17 bits per heavy atom. The Morgan fingerprint density at radius 2 is 2.00 bits per heavy atom. The van der Waals surface area contributed by atoms with Gasteiger partial charge < -0.3 is 10.1 Å². The second-order valence-electron chi connectivity index (χ2n) is 6.41. The summed E-state index contributed by atoms with van der Waals surface area (Å²) in [5.74, 6) is 0.734. The lowest BCUT2D eigenvalue weighted by molar-refractivity contribution is 0.287. The maximum atomic E-state index is 14.4. The highest BCUT2D eigenvalue weighted by molar-refractivity contribution is 5.38. The van der Waals surface area contributed by atoms with E-state index in [2.05, 4.69) is 11.4 Å². The van der Waals surface area contributed by atoms with Gasteiger partial charge in [-0.3, -0.25) is 0 Å². The van der Waals surface area contributed by atoms with Crippen molar-refractivity contribution in [3.63, 3.8) is 0 Å². The quantitative estimate of drug-likeness (QED) is 0.891. The van der Waals surface area contributed by atoms with Crippen molar-refractivity contribution < 1.29 is 9.13 Å². The summed E-state index contributed by atoms with van der Waals surface area (Å²) in [7, 11) is 0. The smallest absolute Gasteiger partial charge is 0.165 e. The fourth-order valence-electron chi connectivity index (χ4n) is 3.26. The molecule has 1 atom stereocenters. The first-order chi connectivity index (χ1) is 11.2. The molecule has 1 saturated heterocycles. The lowest BCUT2D eigenvalue weighted by atomic mass is 9.91. The molecule has 0 spiro atoms. The van der Waals surface area contributed by atoms with E-state index >= 15 is 0 Å². The fraction of sp³-hybridized carbons (Fsp3) is 0.400. The minimum atomic E-state index is -0.250. The highest BCUT2D eigenvalue weighted by Crippen LogP contribution is 2.27. The van der Waals surface area contributed by atoms with Crippen LogP contribution in [-0.4, -0.2) is 13.1 Å². The van der Waals surface area contributed by atoms with E-state index in [1.165, 1.54) is 12.8 Å². The standard InChI is InChI=1S/C20H24FNO/c1-15-10-18(11-17-8-5-9-22-13-17)12-19(21)20(15)23-14-16-6-3-2-4-7-16/h2-4,6-7,10,12,17,22H,5,8-9,11,13-14H2,1H3. The summed E-state index contributed by atoms with van der Waals surface area (Å²) in [5.41, 5.74) is 2.99. The molecule has 0 saturated carbocycles. The summed E-state index contributed by atoms with van der Waals surface area (Å²) in [4.78, 5) is 0. The molecule has 1 aliphatic rings. The number of piperidine rings is 1. The number of ether oxygens (including phenoxy) is 1. The second kappa shape index (κ2) is 7.60. The number of benzene rings is 2. The van der Waals surface area contributed by atoms with E-state index in [1.54, 1.807) is 6.07 Å². The molecule has 1 aliphatic heterocycles. The molecule has 1 fully saturated rings. The molecule has 1 N–H and O–H groups in total. The lowest BCUT2D eigenvalue weighted by Gasteiger charge is -2.23. The third-order valence-corrected chi connectivity index (χ3v) is 4.44. The molecule has 2 nitrogen and oxygen atoms in total. The zero-order valence-corrected chi connectivity index (χ0v) is 13.6. The Hall–Kier alpha value is -1.87. The Labute approximate surface area is 137 Å². The normalized spacial score (nSPS) is 17.9. The van der Waals surface area contributed by atoms with Gasteiger partial charge in [-0.15, -0.1) is 0 Å². The molecule has 0 aromatic heterocycles. The zero-order chi connectivity index (χ0) is 16.1. The Balaban J connectivity index is 1.67. The van der Waals surface area contributed by atoms with Crippen molar-refractivity contribution in [3.05, 3.63) is 65.0 Å². The zero-order valence-electron chi connectivity index (χ0n) is 13.6. The van der Waals surface area contributed by atoms with Gasteiger partial charge in [-0.1, -0.05) is 36.4 Å². The topological polar surface area (TPSA) is 21.3 Å². The molecular formula is C20H24FNO. The maximum absolute atomic E-state index is 14.4. The van der Waals surface area contributed by atoms with Crippen molar-refractivity contribution in [2.24, 2.45) is 5.92 Å². The summed E-state index contributed by atoms with van der Waals surface area (Å²) in [6, 6.07) is 13.6. The fourth-order valence-corrected chi connectivity index (χ4v) is 3.26.